The summed E-state index contributed by atoms with van der Waals surface area (Å²) in [7, 11) is 0. The molecule has 1 aromatic rings. The summed E-state index contributed by atoms with van der Waals surface area (Å²) in [5.74, 6) is -0.630. The van der Waals surface area contributed by atoms with E-state index in [4.69, 9.17) is 10.2 Å². The van der Waals surface area contributed by atoms with Crippen molar-refractivity contribution in [1.29, 1.82) is 0 Å². The van der Waals surface area contributed by atoms with Gasteiger partial charge in [0.15, 0.2) is 0 Å². The van der Waals surface area contributed by atoms with E-state index in [1.165, 1.54) is 0 Å². The molecule has 0 heterocycles. The van der Waals surface area contributed by atoms with Crippen LogP contribution in [0.2, 0.25) is 0 Å². The molecule has 0 saturated heterocycles. The van der Waals surface area contributed by atoms with E-state index >= 15 is 0 Å². The molecule has 0 unspecified atom stereocenters. The Morgan fingerprint density at radius 1 is 1.40 bits per heavy atom. The second kappa shape index (κ2) is 10.5. The lowest BCUT2D eigenvalue weighted by atomic mass is 10.2. The number of phenols is 1. The average Bonchev–Trinajstić information content (AvgIpc) is 2.21. The second-order valence-electron chi connectivity index (χ2n) is 2.44. The number of rotatable bonds is 1. The van der Waals surface area contributed by atoms with E-state index < -0.39 is 5.97 Å². The minimum Gasteiger partial charge on any atom is -0.508 e. The van der Waals surface area contributed by atoms with Crippen molar-refractivity contribution >= 4 is 5.97 Å². The number of carboxylic acids is 1. The lowest BCUT2D eigenvalue weighted by molar-refractivity contribution is -0.135. The number of phenolic OH excluding ortho intramolecular Hbond substituents is 1. The molecule has 0 saturated carbocycles. The quantitative estimate of drug-likeness (QED) is 0.663. The highest BCUT2D eigenvalue weighted by atomic mass is 16.4. The van der Waals surface area contributed by atoms with Crippen molar-refractivity contribution in [2.45, 2.75) is 20.8 Å². The van der Waals surface area contributed by atoms with Gasteiger partial charge in [0.25, 0.3) is 0 Å². The zero-order valence-corrected chi connectivity index (χ0v) is 9.40. The van der Waals surface area contributed by atoms with Gasteiger partial charge in [0, 0.05) is 0 Å². The van der Waals surface area contributed by atoms with Gasteiger partial charge in [-0.25, -0.2) is 0 Å². The second-order valence-corrected chi connectivity index (χ2v) is 2.44. The first-order valence-corrected chi connectivity index (χ1v) is 4.73. The topological polar surface area (TPSA) is 83.5 Å². The van der Waals surface area contributed by atoms with Gasteiger partial charge < -0.3 is 15.9 Å². The van der Waals surface area contributed by atoms with Crippen LogP contribution in [0.3, 0.4) is 0 Å². The SMILES string of the molecule is CC.Cc1cccc(O)c1.NCC(=O)O. The van der Waals surface area contributed by atoms with E-state index in [-0.39, 0.29) is 6.54 Å². The molecule has 0 bridgehead atoms. The maximum Gasteiger partial charge on any atom is 0.317 e. The summed E-state index contributed by atoms with van der Waals surface area (Å²) in [5, 5.41) is 16.4. The van der Waals surface area contributed by atoms with Crippen molar-refractivity contribution in [3.05, 3.63) is 29.8 Å². The van der Waals surface area contributed by atoms with Crippen LogP contribution in [0.25, 0.3) is 0 Å². The van der Waals surface area contributed by atoms with E-state index in [1.807, 2.05) is 32.9 Å². The number of hydrogen-bond acceptors (Lipinski definition) is 3. The fourth-order valence-corrected chi connectivity index (χ4v) is 0.628. The zero-order valence-electron chi connectivity index (χ0n) is 9.40. The van der Waals surface area contributed by atoms with Gasteiger partial charge in [0.2, 0.25) is 0 Å². The Kier molecular flexibility index (Phi) is 11.2. The third kappa shape index (κ3) is 12.4. The van der Waals surface area contributed by atoms with Crippen LogP contribution in [0, 0.1) is 6.92 Å². The molecule has 4 nitrogen and oxygen atoms in total. The van der Waals surface area contributed by atoms with Gasteiger partial charge in [-0.15, -0.1) is 0 Å². The molecule has 0 atom stereocenters. The van der Waals surface area contributed by atoms with Crippen molar-refractivity contribution in [2.75, 3.05) is 6.54 Å². The Hall–Kier alpha value is -1.55. The van der Waals surface area contributed by atoms with Crippen LogP contribution >= 0.6 is 0 Å². The van der Waals surface area contributed by atoms with Crippen LogP contribution < -0.4 is 5.73 Å². The number of carbonyl (C=O) groups is 1. The minimum atomic E-state index is -0.968. The van der Waals surface area contributed by atoms with Crippen molar-refractivity contribution < 1.29 is 15.0 Å². The molecule has 0 aliphatic carbocycles. The molecule has 1 rings (SSSR count). The van der Waals surface area contributed by atoms with E-state index in [1.54, 1.807) is 12.1 Å². The third-order valence-electron chi connectivity index (χ3n) is 1.18. The number of hydrogen-bond donors (Lipinski definition) is 3. The molecule has 4 N–H and O–H groups in total. The smallest absolute Gasteiger partial charge is 0.317 e. The Balaban J connectivity index is 0. The molecule has 0 radical (unpaired) electrons. The molecule has 0 aromatic heterocycles. The minimum absolute atomic E-state index is 0.278. The standard InChI is InChI=1S/C7H8O.C2H5NO2.C2H6/c1-6-3-2-4-7(8)5-6;3-1-2(4)5;1-2/h2-5,8H,1H3;1,3H2,(H,4,5);1-2H3. The Bertz CT molecular complexity index is 257. The van der Waals surface area contributed by atoms with Crippen LogP contribution in [-0.4, -0.2) is 22.7 Å². The van der Waals surface area contributed by atoms with Crippen LogP contribution in [0.15, 0.2) is 24.3 Å². The highest BCUT2D eigenvalue weighted by Gasteiger charge is 1.83. The Morgan fingerprint density at radius 2 is 1.87 bits per heavy atom. The van der Waals surface area contributed by atoms with Crippen LogP contribution in [-0.2, 0) is 4.79 Å². The molecule has 4 heteroatoms. The number of aryl methyl sites for hydroxylation is 1. The maximum absolute atomic E-state index is 9.24. The zero-order chi connectivity index (χ0) is 12.3. The fraction of sp³-hybridized carbons (Fsp3) is 0.364. The Labute approximate surface area is 90.4 Å². The van der Waals surface area contributed by atoms with Crippen LogP contribution in [0.1, 0.15) is 19.4 Å². The van der Waals surface area contributed by atoms with Crippen molar-refractivity contribution in [1.82, 2.24) is 0 Å². The molecule has 0 amide bonds. The number of carboxylic acid groups (broad SMARTS) is 1. The molecular weight excluding hydrogens is 194 g/mol. The summed E-state index contributed by atoms with van der Waals surface area (Å²) in [6.07, 6.45) is 0. The number of benzene rings is 1. The summed E-state index contributed by atoms with van der Waals surface area (Å²) < 4.78 is 0. The lowest BCUT2D eigenvalue weighted by Gasteiger charge is -1.89. The Morgan fingerprint density at radius 3 is 2.07 bits per heavy atom. The van der Waals surface area contributed by atoms with Gasteiger partial charge in [-0.1, -0.05) is 26.0 Å². The monoisotopic (exact) mass is 213 g/mol. The number of aromatic hydroxyl groups is 1. The summed E-state index contributed by atoms with van der Waals surface area (Å²) in [5.41, 5.74) is 5.66. The van der Waals surface area contributed by atoms with E-state index in [0.717, 1.165) is 5.56 Å². The molecule has 86 valence electrons. The van der Waals surface area contributed by atoms with Crippen molar-refractivity contribution in [2.24, 2.45) is 5.73 Å². The summed E-state index contributed by atoms with van der Waals surface area (Å²) in [6.45, 7) is 5.67. The highest BCUT2D eigenvalue weighted by molar-refractivity contribution is 5.68. The van der Waals surface area contributed by atoms with E-state index in [2.05, 4.69) is 5.73 Å². The first kappa shape index (κ1) is 15.9. The third-order valence-corrected chi connectivity index (χ3v) is 1.18. The van der Waals surface area contributed by atoms with Crippen molar-refractivity contribution in [3.8, 4) is 5.75 Å². The van der Waals surface area contributed by atoms with Crippen molar-refractivity contribution in [3.63, 3.8) is 0 Å². The first-order chi connectivity index (χ1) is 7.06. The largest absolute Gasteiger partial charge is 0.508 e. The predicted molar refractivity (Wildman–Crippen MR) is 60.9 cm³/mol. The normalized spacial score (nSPS) is 7.73. The van der Waals surface area contributed by atoms with Gasteiger partial charge in [-0.3, -0.25) is 4.79 Å². The van der Waals surface area contributed by atoms with Gasteiger partial charge in [-0.2, -0.15) is 0 Å². The highest BCUT2D eigenvalue weighted by Crippen LogP contribution is 2.08. The van der Waals surface area contributed by atoms with Gasteiger partial charge >= 0.3 is 5.97 Å². The summed E-state index contributed by atoms with van der Waals surface area (Å²) >= 11 is 0. The predicted octanol–water partition coefficient (Wildman–Crippen LogP) is 1.76. The van der Waals surface area contributed by atoms with E-state index in [0.29, 0.717) is 5.75 Å². The van der Waals surface area contributed by atoms with Crippen LogP contribution in [0.5, 0.6) is 5.75 Å². The molecule has 15 heavy (non-hydrogen) atoms. The van der Waals surface area contributed by atoms with E-state index in [9.17, 15) is 4.79 Å². The molecule has 0 spiro atoms. The summed E-state index contributed by atoms with van der Waals surface area (Å²) in [4.78, 5) is 9.24. The van der Waals surface area contributed by atoms with Gasteiger partial charge in [0.1, 0.15) is 5.75 Å². The summed E-state index contributed by atoms with van der Waals surface area (Å²) in [6, 6.07) is 7.15. The van der Waals surface area contributed by atoms with Crippen LogP contribution in [0.4, 0.5) is 0 Å². The van der Waals surface area contributed by atoms with Gasteiger partial charge in [-0.05, 0) is 24.6 Å². The average molecular weight is 213 g/mol. The molecule has 0 aliphatic heterocycles. The lowest BCUT2D eigenvalue weighted by Crippen LogP contribution is -2.10. The maximum atomic E-state index is 9.24. The number of nitrogens with two attached hydrogens (primary N) is 1. The molecule has 0 fully saturated rings. The molecular formula is C11H19NO3. The van der Waals surface area contributed by atoms with Gasteiger partial charge in [0.05, 0.1) is 6.54 Å². The molecule has 0 aliphatic rings. The molecule has 1 aromatic carbocycles. The number of aliphatic carboxylic acids is 1. The fourth-order valence-electron chi connectivity index (χ4n) is 0.628. The first-order valence-electron chi connectivity index (χ1n) is 4.73.